The van der Waals surface area contributed by atoms with E-state index in [2.05, 4.69) is 10.2 Å². The lowest BCUT2D eigenvalue weighted by atomic mass is 9.83. The molecule has 130 valence electrons. The molecule has 1 heterocycles. The molecule has 0 amide bonds. The highest BCUT2D eigenvalue weighted by Gasteiger charge is 2.25. The number of hydrogen-bond acceptors (Lipinski definition) is 4. The van der Waals surface area contributed by atoms with Crippen LogP contribution in [-0.2, 0) is 16.8 Å². The van der Waals surface area contributed by atoms with Crippen LogP contribution in [-0.4, -0.2) is 31.2 Å². The van der Waals surface area contributed by atoms with E-state index in [0.717, 1.165) is 16.6 Å². The Hall–Kier alpha value is -2.89. The van der Waals surface area contributed by atoms with Gasteiger partial charge in [-0.3, -0.25) is 4.79 Å². The molecule has 0 fully saturated rings. The van der Waals surface area contributed by atoms with E-state index in [1.54, 1.807) is 18.2 Å². The SMILES string of the molecule is CC(C)(C)c1cc(C(Cn2nc3ccccc3n2)C(=O)O)ccc1O. The molecule has 0 radical (unpaired) electrons. The Morgan fingerprint density at radius 3 is 2.24 bits per heavy atom. The predicted octanol–water partition coefficient (Wildman–Crippen LogP) is 3.30. The maximum absolute atomic E-state index is 11.8. The largest absolute Gasteiger partial charge is 0.508 e. The number of aromatic nitrogens is 3. The van der Waals surface area contributed by atoms with E-state index in [9.17, 15) is 15.0 Å². The van der Waals surface area contributed by atoms with Crippen molar-refractivity contribution in [1.82, 2.24) is 15.0 Å². The molecule has 25 heavy (non-hydrogen) atoms. The van der Waals surface area contributed by atoms with Crippen LogP contribution in [0.3, 0.4) is 0 Å². The number of carboxylic acids is 1. The van der Waals surface area contributed by atoms with Crippen molar-refractivity contribution in [3.8, 4) is 5.75 Å². The van der Waals surface area contributed by atoms with Gasteiger partial charge in [-0.1, -0.05) is 45.0 Å². The van der Waals surface area contributed by atoms with Crippen molar-refractivity contribution >= 4 is 17.0 Å². The highest BCUT2D eigenvalue weighted by molar-refractivity contribution is 5.76. The number of rotatable bonds is 4. The van der Waals surface area contributed by atoms with Gasteiger partial charge in [0.2, 0.25) is 0 Å². The number of fused-ring (bicyclic) bond motifs is 1. The number of aromatic hydroxyl groups is 1. The summed E-state index contributed by atoms with van der Waals surface area (Å²) >= 11 is 0. The fourth-order valence-electron chi connectivity index (χ4n) is 2.85. The van der Waals surface area contributed by atoms with Crippen LogP contribution in [0.5, 0.6) is 5.75 Å². The molecule has 3 aromatic rings. The second-order valence-electron chi connectivity index (χ2n) is 7.16. The first kappa shape index (κ1) is 17.0. The molecule has 1 unspecified atom stereocenters. The van der Waals surface area contributed by atoms with E-state index in [1.807, 2.05) is 45.0 Å². The van der Waals surface area contributed by atoms with E-state index < -0.39 is 11.9 Å². The fourth-order valence-corrected chi connectivity index (χ4v) is 2.85. The molecule has 3 rings (SSSR count). The van der Waals surface area contributed by atoms with E-state index in [4.69, 9.17) is 0 Å². The lowest BCUT2D eigenvalue weighted by Crippen LogP contribution is -2.21. The molecule has 0 saturated heterocycles. The van der Waals surface area contributed by atoms with E-state index in [1.165, 1.54) is 4.80 Å². The van der Waals surface area contributed by atoms with E-state index >= 15 is 0 Å². The van der Waals surface area contributed by atoms with Crippen LogP contribution in [0.4, 0.5) is 0 Å². The Balaban J connectivity index is 1.97. The highest BCUT2D eigenvalue weighted by atomic mass is 16.4. The number of phenolic OH excluding ortho intramolecular Hbond substituents is 1. The Kier molecular flexibility index (Phi) is 4.20. The van der Waals surface area contributed by atoms with E-state index in [-0.39, 0.29) is 17.7 Å². The molecular weight excluding hydrogens is 318 g/mol. The smallest absolute Gasteiger partial charge is 0.312 e. The van der Waals surface area contributed by atoms with Gasteiger partial charge in [0.25, 0.3) is 0 Å². The third-order valence-corrected chi connectivity index (χ3v) is 4.20. The maximum atomic E-state index is 11.8. The van der Waals surface area contributed by atoms with Gasteiger partial charge in [0.05, 0.1) is 6.54 Å². The Bertz CT molecular complexity index is 892. The number of carbonyl (C=O) groups is 1. The monoisotopic (exact) mass is 339 g/mol. The topological polar surface area (TPSA) is 88.2 Å². The van der Waals surface area contributed by atoms with Crippen LogP contribution >= 0.6 is 0 Å². The average Bonchev–Trinajstić information content (AvgIpc) is 2.94. The van der Waals surface area contributed by atoms with Gasteiger partial charge in [-0.2, -0.15) is 15.0 Å². The number of nitrogens with zero attached hydrogens (tertiary/aromatic N) is 3. The molecule has 0 aliphatic heterocycles. The molecule has 6 heteroatoms. The summed E-state index contributed by atoms with van der Waals surface area (Å²) in [5.41, 5.74) is 2.51. The van der Waals surface area contributed by atoms with Crippen LogP contribution in [0.25, 0.3) is 11.0 Å². The van der Waals surface area contributed by atoms with Crippen LogP contribution in [0.15, 0.2) is 42.5 Å². The van der Waals surface area contributed by atoms with Gasteiger partial charge in [0.1, 0.15) is 22.7 Å². The van der Waals surface area contributed by atoms with Crippen molar-refractivity contribution in [2.24, 2.45) is 0 Å². The molecule has 6 nitrogen and oxygen atoms in total. The van der Waals surface area contributed by atoms with Gasteiger partial charge in [-0.15, -0.1) is 0 Å². The van der Waals surface area contributed by atoms with Crippen molar-refractivity contribution in [3.63, 3.8) is 0 Å². The highest BCUT2D eigenvalue weighted by Crippen LogP contribution is 2.33. The van der Waals surface area contributed by atoms with Crippen molar-refractivity contribution in [1.29, 1.82) is 0 Å². The maximum Gasteiger partial charge on any atom is 0.312 e. The second kappa shape index (κ2) is 6.20. The Labute approximate surface area is 145 Å². The van der Waals surface area contributed by atoms with Crippen molar-refractivity contribution in [2.45, 2.75) is 38.6 Å². The minimum atomic E-state index is -0.952. The molecule has 2 aromatic carbocycles. The summed E-state index contributed by atoms with van der Waals surface area (Å²) in [6.45, 7) is 6.05. The fraction of sp³-hybridized carbons (Fsp3) is 0.316. The summed E-state index contributed by atoms with van der Waals surface area (Å²) < 4.78 is 0. The van der Waals surface area contributed by atoms with Crippen molar-refractivity contribution < 1.29 is 15.0 Å². The first-order chi connectivity index (χ1) is 11.8. The van der Waals surface area contributed by atoms with E-state index in [0.29, 0.717) is 5.56 Å². The normalized spacial score (nSPS) is 13.1. The zero-order chi connectivity index (χ0) is 18.2. The molecule has 0 spiro atoms. The standard InChI is InChI=1S/C19H21N3O3/c1-19(2,3)14-10-12(8-9-17(14)23)13(18(24)25)11-22-20-15-6-4-5-7-16(15)21-22/h4-10,13,23H,11H2,1-3H3,(H,24,25). The molecule has 1 atom stereocenters. The molecule has 1 aromatic heterocycles. The second-order valence-corrected chi connectivity index (χ2v) is 7.16. The first-order valence-electron chi connectivity index (χ1n) is 8.12. The minimum absolute atomic E-state index is 0.123. The summed E-state index contributed by atoms with van der Waals surface area (Å²) in [6, 6.07) is 12.4. The van der Waals surface area contributed by atoms with Crippen LogP contribution in [0.2, 0.25) is 0 Å². The first-order valence-corrected chi connectivity index (χ1v) is 8.12. The Morgan fingerprint density at radius 2 is 1.72 bits per heavy atom. The Morgan fingerprint density at radius 1 is 1.12 bits per heavy atom. The zero-order valence-corrected chi connectivity index (χ0v) is 14.5. The molecule has 0 bridgehead atoms. The number of benzene rings is 2. The zero-order valence-electron chi connectivity index (χ0n) is 14.5. The van der Waals surface area contributed by atoms with Crippen LogP contribution in [0.1, 0.15) is 37.8 Å². The summed E-state index contributed by atoms with van der Waals surface area (Å²) in [7, 11) is 0. The summed E-state index contributed by atoms with van der Waals surface area (Å²) in [4.78, 5) is 13.3. The summed E-state index contributed by atoms with van der Waals surface area (Å²) in [5.74, 6) is -1.58. The summed E-state index contributed by atoms with van der Waals surface area (Å²) in [6.07, 6.45) is 0. The van der Waals surface area contributed by atoms with Gasteiger partial charge in [-0.05, 0) is 34.7 Å². The number of hydrogen-bond donors (Lipinski definition) is 2. The van der Waals surface area contributed by atoms with Crippen LogP contribution in [0, 0.1) is 0 Å². The van der Waals surface area contributed by atoms with Crippen LogP contribution < -0.4 is 0 Å². The number of aliphatic carboxylic acids is 1. The minimum Gasteiger partial charge on any atom is -0.508 e. The van der Waals surface area contributed by atoms with Gasteiger partial charge < -0.3 is 10.2 Å². The van der Waals surface area contributed by atoms with Crippen molar-refractivity contribution in [2.75, 3.05) is 0 Å². The van der Waals surface area contributed by atoms with Gasteiger partial charge in [0, 0.05) is 0 Å². The average molecular weight is 339 g/mol. The van der Waals surface area contributed by atoms with Crippen molar-refractivity contribution in [3.05, 3.63) is 53.6 Å². The quantitative estimate of drug-likeness (QED) is 0.761. The molecular formula is C19H21N3O3. The van der Waals surface area contributed by atoms with Gasteiger partial charge in [-0.25, -0.2) is 0 Å². The number of phenols is 1. The number of carboxylic acid groups (broad SMARTS) is 1. The lowest BCUT2D eigenvalue weighted by Gasteiger charge is -2.22. The lowest BCUT2D eigenvalue weighted by molar-refractivity contribution is -0.139. The third-order valence-electron chi connectivity index (χ3n) is 4.20. The molecule has 0 aliphatic carbocycles. The van der Waals surface area contributed by atoms with Gasteiger partial charge >= 0.3 is 5.97 Å². The molecule has 0 aliphatic rings. The summed E-state index contributed by atoms with van der Waals surface area (Å²) in [5, 5.41) is 28.5. The third kappa shape index (κ3) is 3.47. The predicted molar refractivity (Wildman–Crippen MR) is 94.7 cm³/mol. The molecule has 0 saturated carbocycles. The molecule has 2 N–H and O–H groups in total. The van der Waals surface area contributed by atoms with Gasteiger partial charge in [0.15, 0.2) is 0 Å².